The summed E-state index contributed by atoms with van der Waals surface area (Å²) >= 11 is 0. The molecule has 0 aromatic carbocycles. The number of fused-ring (bicyclic) bond motifs is 1. The number of carbonyl (C=O) groups excluding carboxylic acids is 1. The van der Waals surface area contributed by atoms with Gasteiger partial charge in [0, 0.05) is 19.3 Å². The molecule has 1 aliphatic heterocycles. The zero-order valence-corrected chi connectivity index (χ0v) is 11.0. The lowest BCUT2D eigenvalue weighted by molar-refractivity contribution is -0.384. The minimum Gasteiger partial charge on any atom is -0.324 e. The molecule has 106 valence electrons. The second-order valence-electron chi connectivity index (χ2n) is 5.44. The number of anilines is 1. The molecule has 3 rings (SSSR count). The van der Waals surface area contributed by atoms with E-state index in [9.17, 15) is 14.9 Å². The van der Waals surface area contributed by atoms with Gasteiger partial charge in [-0.3, -0.25) is 15.1 Å². The first-order chi connectivity index (χ1) is 9.65. The average molecular weight is 276 g/mol. The van der Waals surface area contributed by atoms with Gasteiger partial charge in [-0.05, 0) is 30.7 Å². The van der Waals surface area contributed by atoms with E-state index in [1.54, 1.807) is 4.90 Å². The van der Waals surface area contributed by atoms with Crippen molar-refractivity contribution in [3.8, 4) is 0 Å². The Morgan fingerprint density at radius 3 is 2.75 bits per heavy atom. The normalized spacial score (nSPS) is 24.5. The van der Waals surface area contributed by atoms with Gasteiger partial charge in [0.2, 0.25) is 0 Å². The largest absolute Gasteiger partial charge is 0.324 e. The fourth-order valence-corrected chi connectivity index (χ4v) is 3.23. The number of rotatable bonds is 2. The third kappa shape index (κ3) is 2.31. The Morgan fingerprint density at radius 2 is 2.10 bits per heavy atom. The molecular weight excluding hydrogens is 260 g/mol. The summed E-state index contributed by atoms with van der Waals surface area (Å²) in [4.78, 5) is 28.0. The zero-order chi connectivity index (χ0) is 14.1. The lowest BCUT2D eigenvalue weighted by atomic mass is 10.0. The second kappa shape index (κ2) is 5.07. The topological polar surface area (TPSA) is 88.4 Å². The Hall–Kier alpha value is -2.18. The first-order valence-corrected chi connectivity index (χ1v) is 6.79. The smallest absolute Gasteiger partial charge is 0.322 e. The van der Waals surface area contributed by atoms with Crippen molar-refractivity contribution in [3.63, 3.8) is 0 Å². The summed E-state index contributed by atoms with van der Waals surface area (Å²) in [6.07, 6.45) is 6.20. The van der Waals surface area contributed by atoms with E-state index in [2.05, 4.69) is 10.3 Å². The standard InChI is InChI=1S/C13H16N4O3/c18-13(16-7-9-2-1-3-10(9)8-16)15-11-4-5-14-6-12(11)17(19)20/h4-6,9-10H,1-3,7-8H2,(H,14,15,18)/t9-,10-/m1/s1. The summed E-state index contributed by atoms with van der Waals surface area (Å²) in [6.45, 7) is 1.52. The number of hydrogen-bond acceptors (Lipinski definition) is 4. The second-order valence-corrected chi connectivity index (χ2v) is 5.44. The maximum atomic E-state index is 12.2. The summed E-state index contributed by atoms with van der Waals surface area (Å²) in [7, 11) is 0. The van der Waals surface area contributed by atoms with Crippen LogP contribution in [-0.4, -0.2) is 33.9 Å². The average Bonchev–Trinajstić information content (AvgIpc) is 2.99. The summed E-state index contributed by atoms with van der Waals surface area (Å²) in [5.41, 5.74) is 0.0206. The van der Waals surface area contributed by atoms with Crippen molar-refractivity contribution in [3.05, 3.63) is 28.6 Å². The third-order valence-corrected chi connectivity index (χ3v) is 4.25. The molecule has 2 aliphatic rings. The molecule has 0 spiro atoms. The van der Waals surface area contributed by atoms with Crippen LogP contribution in [0.2, 0.25) is 0 Å². The Bertz CT molecular complexity index is 536. The van der Waals surface area contributed by atoms with E-state index in [-0.39, 0.29) is 17.4 Å². The van der Waals surface area contributed by atoms with E-state index in [0.29, 0.717) is 11.8 Å². The molecule has 1 saturated heterocycles. The highest BCUT2D eigenvalue weighted by molar-refractivity contribution is 5.91. The fourth-order valence-electron chi connectivity index (χ4n) is 3.23. The highest BCUT2D eigenvalue weighted by Gasteiger charge is 2.38. The molecule has 1 saturated carbocycles. The minimum absolute atomic E-state index is 0.180. The number of urea groups is 1. The lowest BCUT2D eigenvalue weighted by Gasteiger charge is -2.17. The number of aromatic nitrogens is 1. The van der Waals surface area contributed by atoms with Gasteiger partial charge in [-0.25, -0.2) is 4.79 Å². The first kappa shape index (κ1) is 12.8. The van der Waals surface area contributed by atoms with Crippen molar-refractivity contribution in [1.29, 1.82) is 0 Å². The van der Waals surface area contributed by atoms with Crippen LogP contribution in [0.25, 0.3) is 0 Å². The number of nitrogens with zero attached hydrogens (tertiary/aromatic N) is 3. The maximum Gasteiger partial charge on any atom is 0.322 e. The molecule has 7 heteroatoms. The van der Waals surface area contributed by atoms with E-state index >= 15 is 0 Å². The van der Waals surface area contributed by atoms with Crippen molar-refractivity contribution in [2.75, 3.05) is 18.4 Å². The molecule has 20 heavy (non-hydrogen) atoms. The Labute approximate surface area is 116 Å². The SMILES string of the molecule is O=C(Nc1ccncc1[N+](=O)[O-])N1C[C@H]2CCC[C@@H]2C1. The summed E-state index contributed by atoms with van der Waals surface area (Å²) in [6, 6.07) is 1.20. The molecule has 7 nitrogen and oxygen atoms in total. The molecule has 0 unspecified atom stereocenters. The van der Waals surface area contributed by atoms with Crippen LogP contribution >= 0.6 is 0 Å². The number of pyridine rings is 1. The van der Waals surface area contributed by atoms with Crippen molar-refractivity contribution in [1.82, 2.24) is 9.88 Å². The number of nitrogens with one attached hydrogen (secondary N) is 1. The highest BCUT2D eigenvalue weighted by Crippen LogP contribution is 2.38. The minimum atomic E-state index is -0.540. The highest BCUT2D eigenvalue weighted by atomic mass is 16.6. The number of hydrogen-bond donors (Lipinski definition) is 1. The van der Waals surface area contributed by atoms with Crippen molar-refractivity contribution in [2.45, 2.75) is 19.3 Å². The van der Waals surface area contributed by atoms with Gasteiger partial charge in [0.25, 0.3) is 0 Å². The fraction of sp³-hybridized carbons (Fsp3) is 0.538. The van der Waals surface area contributed by atoms with Crippen molar-refractivity contribution < 1.29 is 9.72 Å². The monoisotopic (exact) mass is 276 g/mol. The Kier molecular flexibility index (Phi) is 3.25. The number of amides is 2. The van der Waals surface area contributed by atoms with Gasteiger partial charge in [0.15, 0.2) is 0 Å². The molecule has 2 fully saturated rings. The van der Waals surface area contributed by atoms with E-state index < -0.39 is 4.92 Å². The van der Waals surface area contributed by atoms with Crippen LogP contribution in [-0.2, 0) is 0 Å². The quantitative estimate of drug-likeness (QED) is 0.662. The molecule has 2 atom stereocenters. The van der Waals surface area contributed by atoms with Crippen LogP contribution in [0.5, 0.6) is 0 Å². The van der Waals surface area contributed by atoms with Gasteiger partial charge in [-0.2, -0.15) is 0 Å². The summed E-state index contributed by atoms with van der Waals surface area (Å²) in [5, 5.41) is 13.5. The molecule has 2 amide bonds. The first-order valence-electron chi connectivity index (χ1n) is 6.79. The number of nitro groups is 1. The molecule has 1 aliphatic carbocycles. The molecule has 0 bridgehead atoms. The Morgan fingerprint density at radius 1 is 1.40 bits per heavy atom. The van der Waals surface area contributed by atoms with Gasteiger partial charge >= 0.3 is 11.7 Å². The van der Waals surface area contributed by atoms with Crippen molar-refractivity contribution >= 4 is 17.4 Å². The van der Waals surface area contributed by atoms with Gasteiger partial charge in [0.05, 0.1) is 4.92 Å². The van der Waals surface area contributed by atoms with Crippen LogP contribution in [0.4, 0.5) is 16.2 Å². The predicted molar refractivity (Wildman–Crippen MR) is 72.3 cm³/mol. The van der Waals surface area contributed by atoms with Crippen LogP contribution < -0.4 is 5.32 Å². The molecule has 1 aromatic rings. The summed E-state index contributed by atoms with van der Waals surface area (Å²) in [5.74, 6) is 1.21. The van der Waals surface area contributed by atoms with Gasteiger partial charge < -0.3 is 10.2 Å². The van der Waals surface area contributed by atoms with E-state index in [1.807, 2.05) is 0 Å². The molecular formula is C13H16N4O3. The molecule has 1 aromatic heterocycles. The van der Waals surface area contributed by atoms with E-state index in [4.69, 9.17) is 0 Å². The Balaban J connectivity index is 1.69. The third-order valence-electron chi connectivity index (χ3n) is 4.25. The number of likely N-dealkylation sites (tertiary alicyclic amines) is 1. The maximum absolute atomic E-state index is 12.2. The predicted octanol–water partition coefficient (Wildman–Crippen LogP) is 2.25. The van der Waals surface area contributed by atoms with Gasteiger partial charge in [-0.1, -0.05) is 6.42 Å². The molecule has 0 radical (unpaired) electrons. The molecule has 2 heterocycles. The van der Waals surface area contributed by atoms with Crippen LogP contribution in [0, 0.1) is 22.0 Å². The van der Waals surface area contributed by atoms with Gasteiger partial charge in [-0.15, -0.1) is 0 Å². The summed E-state index contributed by atoms with van der Waals surface area (Å²) < 4.78 is 0. The van der Waals surface area contributed by atoms with Crippen LogP contribution in [0.1, 0.15) is 19.3 Å². The lowest BCUT2D eigenvalue weighted by Crippen LogP contribution is -2.33. The van der Waals surface area contributed by atoms with E-state index in [1.165, 1.54) is 31.5 Å². The van der Waals surface area contributed by atoms with Crippen LogP contribution in [0.3, 0.4) is 0 Å². The van der Waals surface area contributed by atoms with Crippen LogP contribution in [0.15, 0.2) is 18.5 Å². The number of carbonyl (C=O) groups is 1. The van der Waals surface area contributed by atoms with Gasteiger partial charge in [0.1, 0.15) is 11.9 Å². The zero-order valence-electron chi connectivity index (χ0n) is 11.0. The van der Waals surface area contributed by atoms with E-state index in [0.717, 1.165) is 19.3 Å². The van der Waals surface area contributed by atoms with Crippen molar-refractivity contribution in [2.24, 2.45) is 11.8 Å². The molecule has 1 N–H and O–H groups in total.